The lowest BCUT2D eigenvalue weighted by Gasteiger charge is -2.33. The van der Waals surface area contributed by atoms with Gasteiger partial charge in [-0.25, -0.2) is 0 Å². The monoisotopic (exact) mass is 295 g/mol. The summed E-state index contributed by atoms with van der Waals surface area (Å²) in [6.07, 6.45) is 1.04. The summed E-state index contributed by atoms with van der Waals surface area (Å²) in [5.74, 6) is 0.181. The molecular weight excluding hydrogens is 272 g/mol. The van der Waals surface area contributed by atoms with Crippen LogP contribution in [0.25, 0.3) is 0 Å². The second kappa shape index (κ2) is 6.32. The normalized spacial score (nSPS) is 18.4. The van der Waals surface area contributed by atoms with E-state index in [1.54, 1.807) is 4.90 Å². The van der Waals surface area contributed by atoms with Crippen molar-refractivity contribution in [1.82, 2.24) is 4.90 Å². The number of nitrogens with zero attached hydrogens (tertiary/aromatic N) is 1. The van der Waals surface area contributed by atoms with Crippen LogP contribution in [0.3, 0.4) is 0 Å². The minimum absolute atomic E-state index is 0.121. The van der Waals surface area contributed by atoms with Gasteiger partial charge >= 0.3 is 0 Å². The Labute approximate surface area is 132 Å². The van der Waals surface area contributed by atoms with Crippen LogP contribution in [0.2, 0.25) is 0 Å². The third kappa shape index (κ3) is 2.90. The fraction of sp³-hybridized carbons (Fsp3) is 0.316. The van der Waals surface area contributed by atoms with Crippen LogP contribution in [0.15, 0.2) is 54.6 Å². The highest BCUT2D eigenvalue weighted by Gasteiger charge is 2.34. The minimum atomic E-state index is -0.121. The van der Waals surface area contributed by atoms with E-state index in [0.29, 0.717) is 0 Å². The molecule has 3 rings (SSSR count). The number of amides is 1. The number of hydrogen-bond acceptors (Lipinski definition) is 1. The molecule has 114 valence electrons. The van der Waals surface area contributed by atoms with Crippen molar-refractivity contribution in [3.8, 4) is 0 Å². The molecular formula is C19H23N2O+. The maximum Gasteiger partial charge on any atom is 0.285 e. The Kier molecular flexibility index (Phi) is 4.25. The summed E-state index contributed by atoms with van der Waals surface area (Å²) in [5, 5.41) is 0. The van der Waals surface area contributed by atoms with E-state index in [1.807, 2.05) is 32.3 Å². The summed E-state index contributed by atoms with van der Waals surface area (Å²) >= 11 is 0. The molecule has 3 nitrogen and oxygen atoms in total. The number of carbonyl (C=O) groups excluding carboxylic acids is 1. The van der Waals surface area contributed by atoms with Crippen molar-refractivity contribution in [2.45, 2.75) is 19.0 Å². The van der Waals surface area contributed by atoms with Crippen LogP contribution < -0.4 is 4.90 Å². The standard InChI is InChI=1S/C19H22N2O/c1-20(2)19(22)18(16-9-4-3-5-10-16)21-13-12-15-8-6-7-11-17(15)14-21/h3-11,18H,12-14H2,1-2H3/p+1/t18-/m0/s1. The molecule has 1 aliphatic heterocycles. The van der Waals surface area contributed by atoms with Crippen LogP contribution in [0.5, 0.6) is 0 Å². The number of carbonyl (C=O) groups is 1. The SMILES string of the molecule is CN(C)C(=O)[C@H](c1ccccc1)[NH+]1CCc2ccccc2C1. The van der Waals surface area contributed by atoms with Gasteiger partial charge in [0.2, 0.25) is 0 Å². The van der Waals surface area contributed by atoms with Crippen molar-refractivity contribution in [2.75, 3.05) is 20.6 Å². The lowest BCUT2D eigenvalue weighted by atomic mass is 9.96. The van der Waals surface area contributed by atoms with E-state index in [0.717, 1.165) is 25.1 Å². The number of hydrogen-bond donors (Lipinski definition) is 1. The Morgan fingerprint density at radius 1 is 1.00 bits per heavy atom. The molecule has 0 saturated heterocycles. The van der Waals surface area contributed by atoms with Crippen molar-refractivity contribution >= 4 is 5.91 Å². The van der Waals surface area contributed by atoms with E-state index in [2.05, 4.69) is 36.4 Å². The second-order valence-electron chi connectivity index (χ2n) is 6.18. The molecule has 0 spiro atoms. The highest BCUT2D eigenvalue weighted by molar-refractivity contribution is 5.81. The summed E-state index contributed by atoms with van der Waals surface area (Å²) < 4.78 is 0. The maximum absolute atomic E-state index is 12.8. The number of benzene rings is 2. The summed E-state index contributed by atoms with van der Waals surface area (Å²) in [4.78, 5) is 15.8. The number of quaternary nitrogens is 1. The average molecular weight is 295 g/mol. The summed E-state index contributed by atoms with van der Waals surface area (Å²) in [5.41, 5.74) is 3.90. The first kappa shape index (κ1) is 14.8. The molecule has 0 radical (unpaired) electrons. The molecule has 0 aliphatic carbocycles. The van der Waals surface area contributed by atoms with Gasteiger partial charge in [-0.3, -0.25) is 4.79 Å². The first-order valence-corrected chi connectivity index (χ1v) is 7.84. The van der Waals surface area contributed by atoms with E-state index in [-0.39, 0.29) is 11.9 Å². The Morgan fingerprint density at radius 3 is 2.32 bits per heavy atom. The van der Waals surface area contributed by atoms with E-state index in [1.165, 1.54) is 16.0 Å². The molecule has 1 aliphatic rings. The first-order chi connectivity index (χ1) is 10.7. The zero-order valence-corrected chi connectivity index (χ0v) is 13.3. The van der Waals surface area contributed by atoms with Crippen LogP contribution in [0.1, 0.15) is 22.7 Å². The number of nitrogens with one attached hydrogen (secondary N) is 1. The van der Waals surface area contributed by atoms with Crippen molar-refractivity contribution in [3.63, 3.8) is 0 Å². The minimum Gasteiger partial charge on any atom is -0.343 e. The molecule has 2 aromatic carbocycles. The Hall–Kier alpha value is -2.13. The smallest absolute Gasteiger partial charge is 0.285 e. The van der Waals surface area contributed by atoms with Gasteiger partial charge in [0.25, 0.3) is 5.91 Å². The van der Waals surface area contributed by atoms with Crippen LogP contribution in [-0.2, 0) is 17.8 Å². The predicted octanol–water partition coefficient (Wildman–Crippen LogP) is 1.46. The topological polar surface area (TPSA) is 24.8 Å². The predicted molar refractivity (Wildman–Crippen MR) is 87.6 cm³/mol. The number of fused-ring (bicyclic) bond motifs is 1. The van der Waals surface area contributed by atoms with Gasteiger partial charge in [0.15, 0.2) is 6.04 Å². The number of likely N-dealkylation sites (N-methyl/N-ethyl adjacent to an activating group) is 1. The van der Waals surface area contributed by atoms with Gasteiger partial charge in [-0.1, -0.05) is 54.6 Å². The third-order valence-electron chi connectivity index (χ3n) is 4.48. The molecule has 1 amide bonds. The van der Waals surface area contributed by atoms with Gasteiger partial charge in [0.1, 0.15) is 6.54 Å². The molecule has 2 aromatic rings. The largest absolute Gasteiger partial charge is 0.343 e. The zero-order valence-electron chi connectivity index (χ0n) is 13.3. The van der Waals surface area contributed by atoms with Crippen molar-refractivity contribution in [2.24, 2.45) is 0 Å². The fourth-order valence-corrected chi connectivity index (χ4v) is 3.31. The molecule has 1 heterocycles. The summed E-state index contributed by atoms with van der Waals surface area (Å²) in [6, 6.07) is 18.6. The van der Waals surface area contributed by atoms with Gasteiger partial charge in [0, 0.05) is 31.6 Å². The maximum atomic E-state index is 12.8. The molecule has 2 atom stereocenters. The number of rotatable bonds is 3. The van der Waals surface area contributed by atoms with Crippen LogP contribution >= 0.6 is 0 Å². The van der Waals surface area contributed by atoms with E-state index in [9.17, 15) is 4.79 Å². The summed E-state index contributed by atoms with van der Waals surface area (Å²) in [6.45, 7) is 1.91. The van der Waals surface area contributed by atoms with Crippen LogP contribution in [-0.4, -0.2) is 31.4 Å². The molecule has 0 saturated carbocycles. The molecule has 1 unspecified atom stereocenters. The van der Waals surface area contributed by atoms with Crippen LogP contribution in [0, 0.1) is 0 Å². The molecule has 3 heteroatoms. The fourth-order valence-electron chi connectivity index (χ4n) is 3.31. The quantitative estimate of drug-likeness (QED) is 0.911. The highest BCUT2D eigenvalue weighted by Crippen LogP contribution is 2.16. The first-order valence-electron chi connectivity index (χ1n) is 7.84. The Balaban J connectivity index is 1.92. The average Bonchev–Trinajstić information content (AvgIpc) is 2.56. The molecule has 0 aromatic heterocycles. The van der Waals surface area contributed by atoms with E-state index < -0.39 is 0 Å². The van der Waals surface area contributed by atoms with Gasteiger partial charge in [-0.05, 0) is 5.56 Å². The highest BCUT2D eigenvalue weighted by atomic mass is 16.2. The zero-order chi connectivity index (χ0) is 15.5. The van der Waals surface area contributed by atoms with Gasteiger partial charge in [0.05, 0.1) is 6.54 Å². The van der Waals surface area contributed by atoms with Gasteiger partial charge in [-0.15, -0.1) is 0 Å². The van der Waals surface area contributed by atoms with Crippen molar-refractivity contribution in [3.05, 3.63) is 71.3 Å². The lowest BCUT2D eigenvalue weighted by Crippen LogP contribution is -3.13. The second-order valence-corrected chi connectivity index (χ2v) is 6.18. The molecule has 0 fully saturated rings. The summed E-state index contributed by atoms with van der Waals surface area (Å²) in [7, 11) is 3.69. The van der Waals surface area contributed by atoms with Crippen molar-refractivity contribution in [1.29, 1.82) is 0 Å². The third-order valence-corrected chi connectivity index (χ3v) is 4.48. The molecule has 0 bridgehead atoms. The van der Waals surface area contributed by atoms with Gasteiger partial charge in [-0.2, -0.15) is 0 Å². The van der Waals surface area contributed by atoms with Gasteiger partial charge < -0.3 is 9.80 Å². The van der Waals surface area contributed by atoms with Crippen molar-refractivity contribution < 1.29 is 9.69 Å². The lowest BCUT2D eigenvalue weighted by molar-refractivity contribution is -0.937. The van der Waals surface area contributed by atoms with E-state index in [4.69, 9.17) is 0 Å². The molecule has 22 heavy (non-hydrogen) atoms. The Morgan fingerprint density at radius 2 is 1.64 bits per heavy atom. The van der Waals surface area contributed by atoms with E-state index >= 15 is 0 Å². The molecule has 1 N–H and O–H groups in total. The van der Waals surface area contributed by atoms with Crippen LogP contribution in [0.4, 0.5) is 0 Å². The Bertz CT molecular complexity index is 651.